The van der Waals surface area contributed by atoms with Crippen molar-refractivity contribution in [3.63, 3.8) is 0 Å². The molecule has 2 N–H and O–H groups in total. The number of amides is 2. The summed E-state index contributed by atoms with van der Waals surface area (Å²) in [5.74, 6) is -0.784. The number of hydrogen-bond donors (Lipinski definition) is 2. The van der Waals surface area contributed by atoms with E-state index in [0.717, 1.165) is 32.4 Å². The van der Waals surface area contributed by atoms with Gasteiger partial charge in [-0.25, -0.2) is 0 Å². The average molecular weight is 345 g/mol. The van der Waals surface area contributed by atoms with Gasteiger partial charge in [-0.3, -0.25) is 9.59 Å². The first kappa shape index (κ1) is 17.1. The van der Waals surface area contributed by atoms with Crippen molar-refractivity contribution < 1.29 is 14.7 Å². The molecule has 0 unspecified atom stereocenters. The van der Waals surface area contributed by atoms with Crippen molar-refractivity contribution in [3.8, 4) is 0 Å². The van der Waals surface area contributed by atoms with E-state index in [2.05, 4.69) is 5.32 Å². The van der Waals surface area contributed by atoms with Crippen LogP contribution in [0.5, 0.6) is 0 Å². The number of halogens is 2. The van der Waals surface area contributed by atoms with Gasteiger partial charge in [0.15, 0.2) is 6.10 Å². The first-order valence-corrected chi connectivity index (χ1v) is 7.92. The summed E-state index contributed by atoms with van der Waals surface area (Å²) in [5.41, 5.74) is 0.292. The molecule has 1 aromatic carbocycles. The Balaban J connectivity index is 1.89. The molecule has 120 valence electrons. The third-order valence-corrected chi connectivity index (χ3v) is 4.01. The zero-order valence-corrected chi connectivity index (χ0v) is 13.5. The average Bonchev–Trinajstić information content (AvgIpc) is 2.51. The number of benzene rings is 1. The number of aliphatic hydroxyl groups is 1. The van der Waals surface area contributed by atoms with Crippen molar-refractivity contribution in [2.75, 3.05) is 19.6 Å². The second kappa shape index (κ2) is 7.81. The maximum Gasteiger partial charge on any atom is 0.253 e. The Morgan fingerprint density at radius 1 is 1.14 bits per heavy atom. The van der Waals surface area contributed by atoms with Gasteiger partial charge in [-0.15, -0.1) is 0 Å². The topological polar surface area (TPSA) is 69.6 Å². The van der Waals surface area contributed by atoms with Crippen LogP contribution in [0.4, 0.5) is 0 Å². The predicted molar refractivity (Wildman–Crippen MR) is 84.9 cm³/mol. The lowest BCUT2D eigenvalue weighted by Crippen LogP contribution is -2.43. The van der Waals surface area contributed by atoms with Gasteiger partial charge in [-0.2, -0.15) is 0 Å². The third kappa shape index (κ3) is 4.60. The highest BCUT2D eigenvalue weighted by atomic mass is 35.5. The van der Waals surface area contributed by atoms with E-state index in [-0.39, 0.29) is 12.5 Å². The minimum atomic E-state index is -1.41. The van der Waals surface area contributed by atoms with Crippen molar-refractivity contribution >= 4 is 35.0 Å². The molecule has 2 rings (SSSR count). The zero-order valence-electron chi connectivity index (χ0n) is 12.0. The Hall–Kier alpha value is -1.30. The number of nitrogens with one attached hydrogen (secondary N) is 1. The molecule has 22 heavy (non-hydrogen) atoms. The third-order valence-electron chi connectivity index (χ3n) is 3.57. The number of carbonyl (C=O) groups excluding carboxylic acids is 2. The number of nitrogens with zero attached hydrogens (tertiary/aromatic N) is 1. The molecule has 1 aliphatic heterocycles. The molecule has 0 aromatic heterocycles. The molecule has 1 heterocycles. The van der Waals surface area contributed by atoms with Crippen LogP contribution in [0.2, 0.25) is 10.0 Å². The fourth-order valence-electron chi connectivity index (χ4n) is 2.40. The molecule has 5 nitrogen and oxygen atoms in total. The SMILES string of the molecule is O=C(NCC(=O)N1CCCCC1)[C@@H](O)c1cc(Cl)cc(Cl)c1. The van der Waals surface area contributed by atoms with E-state index in [0.29, 0.717) is 15.6 Å². The van der Waals surface area contributed by atoms with Crippen molar-refractivity contribution in [2.45, 2.75) is 25.4 Å². The molecule has 1 aliphatic rings. The zero-order chi connectivity index (χ0) is 16.1. The maximum absolute atomic E-state index is 12.0. The first-order chi connectivity index (χ1) is 10.5. The summed E-state index contributed by atoms with van der Waals surface area (Å²) in [6.07, 6.45) is 1.70. The van der Waals surface area contributed by atoms with E-state index in [1.165, 1.54) is 18.2 Å². The molecule has 1 fully saturated rings. The summed E-state index contributed by atoms with van der Waals surface area (Å²) in [7, 11) is 0. The van der Waals surface area contributed by atoms with Crippen LogP contribution in [-0.4, -0.2) is 41.5 Å². The van der Waals surface area contributed by atoms with Gasteiger partial charge in [0.1, 0.15) is 0 Å². The van der Waals surface area contributed by atoms with Crippen LogP contribution in [0.3, 0.4) is 0 Å². The van der Waals surface area contributed by atoms with Crippen LogP contribution < -0.4 is 5.32 Å². The fraction of sp³-hybridized carbons (Fsp3) is 0.467. The Morgan fingerprint density at radius 2 is 1.73 bits per heavy atom. The van der Waals surface area contributed by atoms with Gasteiger partial charge in [0.2, 0.25) is 5.91 Å². The normalized spacial score (nSPS) is 16.2. The lowest BCUT2D eigenvalue weighted by molar-refractivity contribution is -0.136. The minimum absolute atomic E-state index is 0.121. The van der Waals surface area contributed by atoms with Gasteiger partial charge in [-0.05, 0) is 43.0 Å². The van der Waals surface area contributed by atoms with Crippen molar-refractivity contribution in [1.82, 2.24) is 10.2 Å². The molecule has 1 atom stereocenters. The molecular weight excluding hydrogens is 327 g/mol. The van der Waals surface area contributed by atoms with Gasteiger partial charge in [-0.1, -0.05) is 23.2 Å². The number of aliphatic hydroxyl groups excluding tert-OH is 1. The molecule has 7 heteroatoms. The molecule has 0 spiro atoms. The number of hydrogen-bond acceptors (Lipinski definition) is 3. The van der Waals surface area contributed by atoms with Gasteiger partial charge in [0.25, 0.3) is 5.91 Å². The summed E-state index contributed by atoms with van der Waals surface area (Å²) >= 11 is 11.7. The molecule has 2 amide bonds. The van der Waals surface area contributed by atoms with Crippen molar-refractivity contribution in [2.24, 2.45) is 0 Å². The molecular formula is C15H18Cl2N2O3. The summed E-state index contributed by atoms with van der Waals surface area (Å²) in [5, 5.41) is 13.1. The standard InChI is InChI=1S/C15H18Cl2N2O3/c16-11-6-10(7-12(17)8-11)14(21)15(22)18-9-13(20)19-4-2-1-3-5-19/h6-8,14,21H,1-5,9H2,(H,18,22)/t14-/m0/s1. The van der Waals surface area contributed by atoms with Gasteiger partial charge >= 0.3 is 0 Å². The summed E-state index contributed by atoms with van der Waals surface area (Å²) in [6, 6.07) is 4.44. The highest BCUT2D eigenvalue weighted by Crippen LogP contribution is 2.23. The molecule has 0 aliphatic carbocycles. The van der Waals surface area contributed by atoms with Gasteiger partial charge in [0, 0.05) is 23.1 Å². The second-order valence-electron chi connectivity index (χ2n) is 5.26. The largest absolute Gasteiger partial charge is 0.378 e. The van der Waals surface area contributed by atoms with Crippen LogP contribution in [-0.2, 0) is 9.59 Å². The van der Waals surface area contributed by atoms with E-state index >= 15 is 0 Å². The van der Waals surface area contributed by atoms with Crippen molar-refractivity contribution in [3.05, 3.63) is 33.8 Å². The van der Waals surface area contributed by atoms with E-state index in [4.69, 9.17) is 23.2 Å². The highest BCUT2D eigenvalue weighted by molar-refractivity contribution is 6.34. The molecule has 1 aromatic rings. The Morgan fingerprint density at radius 3 is 2.32 bits per heavy atom. The Kier molecular flexibility index (Phi) is 6.06. The van der Waals surface area contributed by atoms with Gasteiger partial charge < -0.3 is 15.3 Å². The highest BCUT2D eigenvalue weighted by Gasteiger charge is 2.21. The molecule has 0 radical (unpaired) electrons. The lowest BCUT2D eigenvalue weighted by Gasteiger charge is -2.26. The smallest absolute Gasteiger partial charge is 0.253 e. The van der Waals surface area contributed by atoms with E-state index < -0.39 is 12.0 Å². The summed E-state index contributed by atoms with van der Waals surface area (Å²) in [6.45, 7) is 1.33. The predicted octanol–water partition coefficient (Wildman–Crippen LogP) is 2.16. The second-order valence-corrected chi connectivity index (χ2v) is 6.14. The Labute approximate surface area is 139 Å². The van der Waals surface area contributed by atoms with Crippen LogP contribution in [0, 0.1) is 0 Å². The van der Waals surface area contributed by atoms with E-state index in [1.807, 2.05) is 0 Å². The summed E-state index contributed by atoms with van der Waals surface area (Å²) in [4.78, 5) is 25.6. The quantitative estimate of drug-likeness (QED) is 0.879. The van der Waals surface area contributed by atoms with Crippen LogP contribution in [0.25, 0.3) is 0 Å². The lowest BCUT2D eigenvalue weighted by atomic mass is 10.1. The number of likely N-dealkylation sites (tertiary alicyclic amines) is 1. The first-order valence-electron chi connectivity index (χ1n) is 7.17. The van der Waals surface area contributed by atoms with E-state index in [1.54, 1.807) is 4.90 Å². The minimum Gasteiger partial charge on any atom is -0.378 e. The summed E-state index contributed by atoms with van der Waals surface area (Å²) < 4.78 is 0. The maximum atomic E-state index is 12.0. The number of carbonyl (C=O) groups is 2. The number of rotatable bonds is 4. The van der Waals surface area contributed by atoms with Crippen molar-refractivity contribution in [1.29, 1.82) is 0 Å². The monoisotopic (exact) mass is 344 g/mol. The molecule has 0 bridgehead atoms. The van der Waals surface area contributed by atoms with E-state index in [9.17, 15) is 14.7 Å². The van der Waals surface area contributed by atoms with Gasteiger partial charge in [0.05, 0.1) is 6.54 Å². The molecule has 1 saturated heterocycles. The molecule has 0 saturated carbocycles. The fourth-order valence-corrected chi connectivity index (χ4v) is 2.94. The number of piperidine rings is 1. The van der Waals surface area contributed by atoms with Crippen LogP contribution in [0.1, 0.15) is 30.9 Å². The van der Waals surface area contributed by atoms with Crippen LogP contribution in [0.15, 0.2) is 18.2 Å². The van der Waals surface area contributed by atoms with Crippen LogP contribution >= 0.6 is 23.2 Å². The Bertz CT molecular complexity index is 539.